The highest BCUT2D eigenvalue weighted by Gasteiger charge is 2.18. The molecule has 116 valence electrons. The van der Waals surface area contributed by atoms with Crippen molar-refractivity contribution in [3.8, 4) is 22.6 Å². The summed E-state index contributed by atoms with van der Waals surface area (Å²) in [5.41, 5.74) is 2.46. The molecule has 0 spiro atoms. The zero-order chi connectivity index (χ0) is 16.1. The van der Waals surface area contributed by atoms with Gasteiger partial charge in [0, 0.05) is 12.0 Å². The number of aliphatic hydroxyl groups is 1. The lowest BCUT2D eigenvalue weighted by molar-refractivity contribution is -0.118. The number of hydrogen-bond donors (Lipinski definition) is 2. The lowest BCUT2D eigenvalue weighted by Crippen LogP contribution is -2.15. The van der Waals surface area contributed by atoms with Gasteiger partial charge in [-0.25, -0.2) is 0 Å². The smallest absolute Gasteiger partial charge is 0.168 e. The van der Waals surface area contributed by atoms with Gasteiger partial charge in [0.15, 0.2) is 11.5 Å². The molecule has 2 N–H and O–H groups in total. The van der Waals surface area contributed by atoms with Crippen molar-refractivity contribution < 1.29 is 19.7 Å². The first-order chi connectivity index (χ1) is 10.5. The number of phenols is 1. The molecule has 2 aromatic carbocycles. The van der Waals surface area contributed by atoms with Gasteiger partial charge in [-0.15, -0.1) is 0 Å². The predicted molar refractivity (Wildman–Crippen MR) is 85.1 cm³/mol. The Bertz CT molecular complexity index is 650. The van der Waals surface area contributed by atoms with Crippen molar-refractivity contribution in [3.05, 3.63) is 48.0 Å². The summed E-state index contributed by atoms with van der Waals surface area (Å²) < 4.78 is 5.34. The third-order valence-electron chi connectivity index (χ3n) is 3.47. The molecule has 0 heterocycles. The summed E-state index contributed by atoms with van der Waals surface area (Å²) in [4.78, 5) is 11.2. The molecular formula is C18H20O4. The summed E-state index contributed by atoms with van der Waals surface area (Å²) in [6, 6.07) is 12.8. The number of aliphatic hydroxyl groups excluding tert-OH is 1. The Labute approximate surface area is 130 Å². The van der Waals surface area contributed by atoms with E-state index in [4.69, 9.17) is 4.74 Å². The molecule has 4 heteroatoms. The first-order valence-electron chi connectivity index (χ1n) is 7.14. The molecular weight excluding hydrogens is 280 g/mol. The molecule has 4 nitrogen and oxygen atoms in total. The van der Waals surface area contributed by atoms with Gasteiger partial charge in [0.1, 0.15) is 5.78 Å². The van der Waals surface area contributed by atoms with Crippen molar-refractivity contribution in [2.24, 2.45) is 0 Å². The Morgan fingerprint density at radius 1 is 1.18 bits per heavy atom. The molecule has 0 aliphatic carbocycles. The van der Waals surface area contributed by atoms with Crippen molar-refractivity contribution in [3.63, 3.8) is 0 Å². The van der Waals surface area contributed by atoms with Crippen LogP contribution in [0.15, 0.2) is 42.5 Å². The van der Waals surface area contributed by atoms with Crippen LogP contribution in [0.25, 0.3) is 11.1 Å². The SMILES string of the molecule is COc1c(O)ccc(CC(O)CC(C)=O)c1-c1ccccc1. The van der Waals surface area contributed by atoms with E-state index in [0.29, 0.717) is 12.2 Å². The molecule has 2 aromatic rings. The van der Waals surface area contributed by atoms with E-state index in [1.54, 1.807) is 12.1 Å². The van der Waals surface area contributed by atoms with Crippen LogP contribution in [0.2, 0.25) is 0 Å². The molecule has 1 unspecified atom stereocenters. The minimum atomic E-state index is -0.755. The van der Waals surface area contributed by atoms with E-state index in [1.807, 2.05) is 30.3 Å². The molecule has 22 heavy (non-hydrogen) atoms. The number of ketones is 1. The average molecular weight is 300 g/mol. The zero-order valence-electron chi connectivity index (χ0n) is 12.7. The Balaban J connectivity index is 2.48. The number of phenolic OH excluding ortho intramolecular Hbond substituents is 1. The highest BCUT2D eigenvalue weighted by Crippen LogP contribution is 2.40. The summed E-state index contributed by atoms with van der Waals surface area (Å²) in [5.74, 6) is 0.365. The number of carbonyl (C=O) groups excluding carboxylic acids is 1. The molecule has 2 rings (SSSR count). The predicted octanol–water partition coefficient (Wildman–Crippen LogP) is 2.95. The molecule has 0 aliphatic rings. The van der Waals surface area contributed by atoms with E-state index in [9.17, 15) is 15.0 Å². The maximum absolute atomic E-state index is 11.2. The highest BCUT2D eigenvalue weighted by molar-refractivity contribution is 5.78. The van der Waals surface area contributed by atoms with Crippen LogP contribution in [-0.4, -0.2) is 29.2 Å². The van der Waals surface area contributed by atoms with Crippen LogP contribution in [0.3, 0.4) is 0 Å². The normalized spacial score (nSPS) is 12.0. The Morgan fingerprint density at radius 2 is 1.86 bits per heavy atom. The summed E-state index contributed by atoms with van der Waals surface area (Å²) in [5, 5.41) is 20.1. The van der Waals surface area contributed by atoms with Gasteiger partial charge in [-0.3, -0.25) is 4.79 Å². The van der Waals surface area contributed by atoms with Crippen molar-refractivity contribution in [1.82, 2.24) is 0 Å². The summed E-state index contributed by atoms with van der Waals surface area (Å²) in [6.07, 6.45) is -0.327. The molecule has 0 fully saturated rings. The van der Waals surface area contributed by atoms with E-state index < -0.39 is 6.10 Å². The van der Waals surface area contributed by atoms with Crippen molar-refractivity contribution in [2.45, 2.75) is 25.9 Å². The van der Waals surface area contributed by atoms with Gasteiger partial charge in [-0.05, 0) is 30.5 Å². The topological polar surface area (TPSA) is 66.8 Å². The van der Waals surface area contributed by atoms with Gasteiger partial charge < -0.3 is 14.9 Å². The quantitative estimate of drug-likeness (QED) is 0.860. The summed E-state index contributed by atoms with van der Waals surface area (Å²) >= 11 is 0. The molecule has 0 amide bonds. The van der Waals surface area contributed by atoms with Gasteiger partial charge in [0.05, 0.1) is 13.2 Å². The van der Waals surface area contributed by atoms with Crippen LogP contribution < -0.4 is 4.74 Å². The van der Waals surface area contributed by atoms with Gasteiger partial charge in [0.2, 0.25) is 0 Å². The maximum Gasteiger partial charge on any atom is 0.168 e. The second kappa shape index (κ2) is 7.09. The standard InChI is InChI=1S/C18H20O4/c1-12(19)10-15(20)11-14-8-9-16(21)18(22-2)17(14)13-6-4-3-5-7-13/h3-9,15,20-21H,10-11H2,1-2H3. The van der Waals surface area contributed by atoms with Crippen LogP contribution in [-0.2, 0) is 11.2 Å². The second-order valence-electron chi connectivity index (χ2n) is 5.28. The first-order valence-corrected chi connectivity index (χ1v) is 7.14. The molecule has 0 saturated heterocycles. The second-order valence-corrected chi connectivity index (χ2v) is 5.28. The van der Waals surface area contributed by atoms with Gasteiger partial charge in [-0.2, -0.15) is 0 Å². The number of benzene rings is 2. The van der Waals surface area contributed by atoms with Gasteiger partial charge >= 0.3 is 0 Å². The number of methoxy groups -OCH3 is 1. The molecule has 0 radical (unpaired) electrons. The molecule has 0 aliphatic heterocycles. The van der Waals surface area contributed by atoms with E-state index in [0.717, 1.165) is 16.7 Å². The van der Waals surface area contributed by atoms with Crippen molar-refractivity contribution in [2.75, 3.05) is 7.11 Å². The lowest BCUT2D eigenvalue weighted by Gasteiger charge is -2.17. The van der Waals surface area contributed by atoms with Crippen LogP contribution in [0, 0.1) is 0 Å². The molecule has 0 bridgehead atoms. The number of carbonyl (C=O) groups is 1. The zero-order valence-corrected chi connectivity index (χ0v) is 12.7. The van der Waals surface area contributed by atoms with Crippen molar-refractivity contribution >= 4 is 5.78 Å². The molecule has 0 aromatic heterocycles. The third kappa shape index (κ3) is 3.65. The van der Waals surface area contributed by atoms with E-state index in [-0.39, 0.29) is 18.0 Å². The van der Waals surface area contributed by atoms with Crippen LogP contribution in [0.4, 0.5) is 0 Å². The average Bonchev–Trinajstić information content (AvgIpc) is 2.48. The van der Waals surface area contributed by atoms with Gasteiger partial charge in [0.25, 0.3) is 0 Å². The Hall–Kier alpha value is -2.33. The largest absolute Gasteiger partial charge is 0.504 e. The fourth-order valence-electron chi connectivity index (χ4n) is 2.57. The van der Waals surface area contributed by atoms with E-state index >= 15 is 0 Å². The summed E-state index contributed by atoms with van der Waals surface area (Å²) in [7, 11) is 1.50. The molecule has 0 saturated carbocycles. The lowest BCUT2D eigenvalue weighted by atomic mass is 9.93. The molecule has 1 atom stereocenters. The number of aromatic hydroxyl groups is 1. The fourth-order valence-corrected chi connectivity index (χ4v) is 2.57. The maximum atomic E-state index is 11.2. The summed E-state index contributed by atoms with van der Waals surface area (Å²) in [6.45, 7) is 1.46. The number of rotatable bonds is 6. The minimum absolute atomic E-state index is 0.0474. The fraction of sp³-hybridized carbons (Fsp3) is 0.278. The third-order valence-corrected chi connectivity index (χ3v) is 3.47. The van der Waals surface area contributed by atoms with E-state index in [2.05, 4.69) is 0 Å². The number of hydrogen-bond acceptors (Lipinski definition) is 4. The number of ether oxygens (including phenoxy) is 1. The van der Waals surface area contributed by atoms with Gasteiger partial charge in [-0.1, -0.05) is 36.4 Å². The van der Waals surface area contributed by atoms with Crippen LogP contribution in [0.1, 0.15) is 18.9 Å². The van der Waals surface area contributed by atoms with Crippen molar-refractivity contribution in [1.29, 1.82) is 0 Å². The van der Waals surface area contributed by atoms with E-state index in [1.165, 1.54) is 14.0 Å². The first kappa shape index (κ1) is 16.0. The monoisotopic (exact) mass is 300 g/mol. The number of Topliss-reactive ketones (excluding diaryl/α,β-unsaturated/α-hetero) is 1. The highest BCUT2D eigenvalue weighted by atomic mass is 16.5. The minimum Gasteiger partial charge on any atom is -0.504 e. The van der Waals surface area contributed by atoms with Crippen LogP contribution in [0.5, 0.6) is 11.5 Å². The van der Waals surface area contributed by atoms with Crippen LogP contribution >= 0.6 is 0 Å². The Morgan fingerprint density at radius 3 is 2.45 bits per heavy atom. The Kier molecular flexibility index (Phi) is 5.17.